The second-order valence-electron chi connectivity index (χ2n) is 6.08. The van der Waals surface area contributed by atoms with E-state index < -0.39 is 15.9 Å². The highest BCUT2D eigenvalue weighted by Crippen LogP contribution is 2.30. The van der Waals surface area contributed by atoms with Crippen molar-refractivity contribution >= 4 is 86.1 Å². The number of halogens is 4. The maximum Gasteiger partial charge on any atom is 0.253 e. The molecule has 0 saturated carbocycles. The smallest absolute Gasteiger partial charge is 0.253 e. The van der Waals surface area contributed by atoms with Gasteiger partial charge in [0.05, 0.1) is 0 Å². The minimum Gasteiger partial charge on any atom is -0.339 e. The maximum atomic E-state index is 12.5. The van der Waals surface area contributed by atoms with E-state index in [2.05, 4.69) is 16.0 Å². The Morgan fingerprint density at radius 3 is 2.34 bits per heavy atom. The van der Waals surface area contributed by atoms with Gasteiger partial charge in [-0.05, 0) is 41.9 Å². The number of hydrogen-bond donors (Lipinski definition) is 3. The summed E-state index contributed by atoms with van der Waals surface area (Å²) in [5.41, 5.74) is 1.11. The average molecular weight is 487 g/mol. The van der Waals surface area contributed by atoms with Crippen LogP contribution in [0.4, 0.5) is 5.69 Å². The maximum absolute atomic E-state index is 12.5. The number of carbonyl (C=O) groups is 1. The Balaban J connectivity index is 1.74. The monoisotopic (exact) mass is 485 g/mol. The highest BCUT2D eigenvalue weighted by atomic mass is 35.6. The molecule has 0 aliphatic carbocycles. The van der Waals surface area contributed by atoms with Gasteiger partial charge in [-0.15, -0.1) is 0 Å². The van der Waals surface area contributed by atoms with Crippen LogP contribution in [0.15, 0.2) is 66.7 Å². The van der Waals surface area contributed by atoms with Crippen molar-refractivity contribution < 1.29 is 4.79 Å². The number of fused-ring (bicyclic) bond motifs is 1. The second kappa shape index (κ2) is 9.37. The van der Waals surface area contributed by atoms with Gasteiger partial charge in [-0.3, -0.25) is 4.79 Å². The van der Waals surface area contributed by atoms with Gasteiger partial charge in [-0.1, -0.05) is 88.9 Å². The lowest BCUT2D eigenvalue weighted by Gasteiger charge is -2.28. The third-order valence-corrected chi connectivity index (χ3v) is 5.11. The lowest BCUT2D eigenvalue weighted by molar-refractivity contribution is 0.0934. The predicted molar refractivity (Wildman–Crippen MR) is 126 cm³/mol. The van der Waals surface area contributed by atoms with Gasteiger partial charge in [0.1, 0.15) is 6.17 Å². The summed E-state index contributed by atoms with van der Waals surface area (Å²) in [4.78, 5) is 12.5. The summed E-state index contributed by atoms with van der Waals surface area (Å²) in [5, 5.41) is 11.2. The number of anilines is 1. The van der Waals surface area contributed by atoms with E-state index in [1.807, 2.05) is 42.5 Å². The highest BCUT2D eigenvalue weighted by molar-refractivity contribution is 7.80. The first-order chi connectivity index (χ1) is 13.7. The molecule has 3 rings (SSSR count). The summed E-state index contributed by atoms with van der Waals surface area (Å²) in [6.07, 6.45) is -1.09. The van der Waals surface area contributed by atoms with Crippen LogP contribution in [0.5, 0.6) is 0 Å². The molecule has 0 fully saturated rings. The Bertz CT molecular complexity index is 1050. The van der Waals surface area contributed by atoms with Gasteiger partial charge < -0.3 is 16.0 Å². The SMILES string of the molecule is O=C(N[C@H](NC(=S)Nc1cccc2ccccc12)C(Cl)(Cl)Cl)c1cccc(Cl)c1. The van der Waals surface area contributed by atoms with Gasteiger partial charge in [0.15, 0.2) is 5.11 Å². The van der Waals surface area contributed by atoms with E-state index in [4.69, 9.17) is 58.6 Å². The van der Waals surface area contributed by atoms with Gasteiger partial charge in [-0.2, -0.15) is 0 Å². The summed E-state index contributed by atoms with van der Waals surface area (Å²) in [6, 6.07) is 20.0. The molecule has 3 N–H and O–H groups in total. The minimum absolute atomic E-state index is 0.184. The first kappa shape index (κ1) is 21.9. The number of carbonyl (C=O) groups excluding carboxylic acids is 1. The molecule has 3 aromatic rings. The number of benzene rings is 3. The molecule has 9 heteroatoms. The molecular formula is C20H15Cl4N3OS. The molecule has 0 aromatic heterocycles. The summed E-state index contributed by atoms with van der Waals surface area (Å²) in [5.74, 6) is -0.468. The fourth-order valence-electron chi connectivity index (χ4n) is 2.67. The standard InChI is InChI=1S/C20H15Cl4N3OS/c21-14-8-3-7-13(11-14)17(28)26-18(20(22,23)24)27-19(29)25-16-10-4-6-12-5-1-2-9-15(12)16/h1-11,18H,(H,26,28)(H2,25,27,29)/t18-/m1/s1. The van der Waals surface area contributed by atoms with E-state index >= 15 is 0 Å². The van der Waals surface area contributed by atoms with Crippen molar-refractivity contribution in [3.05, 3.63) is 77.3 Å². The summed E-state index contributed by atoms with van der Waals surface area (Å²) >= 11 is 29.4. The van der Waals surface area contributed by atoms with Gasteiger partial charge in [-0.25, -0.2) is 0 Å². The lowest BCUT2D eigenvalue weighted by atomic mass is 10.1. The topological polar surface area (TPSA) is 53.2 Å². The van der Waals surface area contributed by atoms with Crippen LogP contribution in [0, 0.1) is 0 Å². The van der Waals surface area contributed by atoms with E-state index in [1.54, 1.807) is 18.2 Å². The largest absolute Gasteiger partial charge is 0.339 e. The zero-order chi connectivity index (χ0) is 21.0. The van der Waals surface area contributed by atoms with Crippen LogP contribution in [-0.2, 0) is 0 Å². The number of alkyl halides is 3. The van der Waals surface area contributed by atoms with Crippen LogP contribution in [0.25, 0.3) is 10.8 Å². The van der Waals surface area contributed by atoms with E-state index in [-0.39, 0.29) is 5.11 Å². The van der Waals surface area contributed by atoms with E-state index in [0.29, 0.717) is 10.6 Å². The molecule has 4 nitrogen and oxygen atoms in total. The molecule has 0 heterocycles. The third kappa shape index (κ3) is 5.87. The van der Waals surface area contributed by atoms with Gasteiger partial charge >= 0.3 is 0 Å². The van der Waals surface area contributed by atoms with E-state index in [0.717, 1.165) is 16.5 Å². The number of amides is 1. The zero-order valence-electron chi connectivity index (χ0n) is 14.8. The lowest BCUT2D eigenvalue weighted by Crippen LogP contribution is -2.56. The molecule has 0 spiro atoms. The molecule has 0 saturated heterocycles. The van der Waals surface area contributed by atoms with Crippen molar-refractivity contribution in [1.29, 1.82) is 0 Å². The zero-order valence-corrected chi connectivity index (χ0v) is 18.6. The average Bonchev–Trinajstić information content (AvgIpc) is 2.67. The normalized spacial score (nSPS) is 12.3. The Morgan fingerprint density at radius 2 is 1.62 bits per heavy atom. The van der Waals surface area contributed by atoms with Crippen LogP contribution in [0.2, 0.25) is 5.02 Å². The van der Waals surface area contributed by atoms with Crippen molar-refractivity contribution in [2.75, 3.05) is 5.32 Å². The van der Waals surface area contributed by atoms with Crippen LogP contribution >= 0.6 is 58.6 Å². The molecule has 0 unspecified atom stereocenters. The number of nitrogens with one attached hydrogen (secondary N) is 3. The Kier molecular flexibility index (Phi) is 7.09. The minimum atomic E-state index is -1.86. The van der Waals surface area contributed by atoms with Crippen molar-refractivity contribution in [3.63, 3.8) is 0 Å². The summed E-state index contributed by atoms with van der Waals surface area (Å²) in [7, 11) is 0. The number of thiocarbonyl (C=S) groups is 1. The van der Waals surface area contributed by atoms with E-state index in [9.17, 15) is 4.79 Å². The summed E-state index contributed by atoms with van der Waals surface area (Å²) < 4.78 is -1.86. The van der Waals surface area contributed by atoms with Crippen molar-refractivity contribution in [2.45, 2.75) is 9.96 Å². The van der Waals surface area contributed by atoms with E-state index in [1.165, 1.54) is 6.07 Å². The Morgan fingerprint density at radius 1 is 0.931 bits per heavy atom. The predicted octanol–water partition coefficient (Wildman–Crippen LogP) is 5.91. The van der Waals surface area contributed by atoms with Crippen molar-refractivity contribution in [1.82, 2.24) is 10.6 Å². The quantitative estimate of drug-likeness (QED) is 0.244. The first-order valence-corrected chi connectivity index (χ1v) is 10.3. The molecule has 0 aliphatic rings. The van der Waals surface area contributed by atoms with Crippen LogP contribution in [0.1, 0.15) is 10.4 Å². The number of hydrogen-bond acceptors (Lipinski definition) is 2. The van der Waals surface area contributed by atoms with Crippen LogP contribution < -0.4 is 16.0 Å². The van der Waals surface area contributed by atoms with Crippen LogP contribution in [0.3, 0.4) is 0 Å². The van der Waals surface area contributed by atoms with Crippen molar-refractivity contribution in [3.8, 4) is 0 Å². The fourth-order valence-corrected chi connectivity index (χ4v) is 3.41. The molecular weight excluding hydrogens is 472 g/mol. The first-order valence-electron chi connectivity index (χ1n) is 8.42. The van der Waals surface area contributed by atoms with Gasteiger partial charge in [0, 0.05) is 21.7 Å². The molecule has 3 aromatic carbocycles. The molecule has 1 amide bonds. The molecule has 0 aliphatic heterocycles. The van der Waals surface area contributed by atoms with Crippen molar-refractivity contribution in [2.24, 2.45) is 0 Å². The molecule has 0 bridgehead atoms. The molecule has 1 atom stereocenters. The fraction of sp³-hybridized carbons (Fsp3) is 0.100. The van der Waals surface area contributed by atoms with Gasteiger partial charge in [0.2, 0.25) is 3.79 Å². The highest BCUT2D eigenvalue weighted by Gasteiger charge is 2.35. The molecule has 150 valence electrons. The number of rotatable bonds is 4. The third-order valence-electron chi connectivity index (χ3n) is 4.00. The summed E-state index contributed by atoms with van der Waals surface area (Å²) in [6.45, 7) is 0. The Hall–Kier alpha value is -1.76. The Labute approximate surface area is 193 Å². The van der Waals surface area contributed by atoms with Gasteiger partial charge in [0.25, 0.3) is 5.91 Å². The molecule has 0 radical (unpaired) electrons. The van der Waals surface area contributed by atoms with Crippen LogP contribution in [-0.4, -0.2) is 21.0 Å². The second-order valence-corrected chi connectivity index (χ2v) is 9.30. The molecule has 29 heavy (non-hydrogen) atoms.